The summed E-state index contributed by atoms with van der Waals surface area (Å²) in [6.45, 7) is 0. The Morgan fingerprint density at radius 3 is 2.26 bits per heavy atom. The van der Waals surface area contributed by atoms with Gasteiger partial charge in [-0.3, -0.25) is 9.59 Å². The first-order valence-corrected chi connectivity index (χ1v) is 8.12. The Kier molecular flexibility index (Phi) is 4.82. The Labute approximate surface area is 136 Å². The maximum Gasteiger partial charge on any atom is 0.162 e. The molecule has 0 amide bonds. The van der Waals surface area contributed by atoms with E-state index in [1.54, 1.807) is 6.08 Å². The predicted octanol–water partition coefficient (Wildman–Crippen LogP) is 4.71. The third kappa shape index (κ3) is 3.84. The maximum atomic E-state index is 12.3. The third-order valence-corrected chi connectivity index (χ3v) is 4.44. The van der Waals surface area contributed by atoms with Gasteiger partial charge in [0.2, 0.25) is 0 Å². The van der Waals surface area contributed by atoms with Crippen molar-refractivity contribution in [1.82, 2.24) is 0 Å². The van der Waals surface area contributed by atoms with E-state index in [0.717, 1.165) is 29.5 Å². The van der Waals surface area contributed by atoms with Gasteiger partial charge in [-0.15, -0.1) is 0 Å². The topological polar surface area (TPSA) is 34.1 Å². The van der Waals surface area contributed by atoms with E-state index in [1.165, 1.54) is 0 Å². The van der Waals surface area contributed by atoms with E-state index >= 15 is 0 Å². The van der Waals surface area contributed by atoms with Gasteiger partial charge in [-0.1, -0.05) is 60.7 Å². The first-order valence-electron chi connectivity index (χ1n) is 8.12. The summed E-state index contributed by atoms with van der Waals surface area (Å²) in [6, 6.07) is 19.3. The van der Waals surface area contributed by atoms with Gasteiger partial charge in [0.1, 0.15) is 0 Å². The monoisotopic (exact) mass is 304 g/mol. The molecule has 0 saturated heterocycles. The molecule has 0 aromatic heterocycles. The van der Waals surface area contributed by atoms with E-state index < -0.39 is 0 Å². The summed E-state index contributed by atoms with van der Waals surface area (Å²) in [5.74, 6) is 0.266. The second-order valence-corrected chi connectivity index (χ2v) is 6.00. The lowest BCUT2D eigenvalue weighted by atomic mass is 9.82. The molecule has 0 saturated carbocycles. The van der Waals surface area contributed by atoms with Gasteiger partial charge in [-0.25, -0.2) is 0 Å². The molecule has 1 aliphatic rings. The van der Waals surface area contributed by atoms with Gasteiger partial charge in [0.25, 0.3) is 0 Å². The molecule has 1 atom stereocenters. The summed E-state index contributed by atoms with van der Waals surface area (Å²) in [6.07, 6.45) is 4.60. The van der Waals surface area contributed by atoms with Crippen LogP contribution in [0.25, 0.3) is 5.57 Å². The molecular weight excluding hydrogens is 284 g/mol. The molecule has 1 unspecified atom stereocenters. The van der Waals surface area contributed by atoms with Crippen LogP contribution in [0.4, 0.5) is 0 Å². The number of carbonyl (C=O) groups is 2. The summed E-state index contributed by atoms with van der Waals surface area (Å²) in [5, 5.41) is 0. The van der Waals surface area contributed by atoms with Crippen LogP contribution in [-0.4, -0.2) is 11.6 Å². The molecule has 2 aromatic carbocycles. The van der Waals surface area contributed by atoms with E-state index in [2.05, 4.69) is 0 Å². The highest BCUT2D eigenvalue weighted by molar-refractivity contribution is 6.01. The van der Waals surface area contributed by atoms with Gasteiger partial charge >= 0.3 is 0 Å². The fourth-order valence-corrected chi connectivity index (χ4v) is 3.07. The van der Waals surface area contributed by atoms with Gasteiger partial charge in [0, 0.05) is 17.9 Å². The first-order chi connectivity index (χ1) is 11.2. The van der Waals surface area contributed by atoms with Crippen molar-refractivity contribution in [3.05, 3.63) is 77.9 Å². The Hall–Kier alpha value is -2.48. The van der Waals surface area contributed by atoms with Gasteiger partial charge in [-0.05, 0) is 36.5 Å². The Bertz CT molecular complexity index is 714. The second kappa shape index (κ2) is 7.19. The van der Waals surface area contributed by atoms with Crippen molar-refractivity contribution in [2.45, 2.75) is 25.7 Å². The SMILES string of the molecule is O=C(CCC1CCC(c2ccccc2)=CC1=O)c1ccccc1. The molecule has 2 aromatic rings. The van der Waals surface area contributed by atoms with Crippen molar-refractivity contribution in [2.75, 3.05) is 0 Å². The van der Waals surface area contributed by atoms with E-state index in [4.69, 9.17) is 0 Å². The van der Waals surface area contributed by atoms with E-state index in [9.17, 15) is 9.59 Å². The van der Waals surface area contributed by atoms with Crippen molar-refractivity contribution >= 4 is 17.1 Å². The van der Waals surface area contributed by atoms with E-state index in [-0.39, 0.29) is 17.5 Å². The lowest BCUT2D eigenvalue weighted by molar-refractivity contribution is -0.118. The van der Waals surface area contributed by atoms with Crippen LogP contribution in [-0.2, 0) is 4.79 Å². The number of carbonyl (C=O) groups excluding carboxylic acids is 2. The van der Waals surface area contributed by atoms with Crippen LogP contribution < -0.4 is 0 Å². The van der Waals surface area contributed by atoms with Crippen LogP contribution in [0.15, 0.2) is 66.7 Å². The van der Waals surface area contributed by atoms with Crippen LogP contribution in [0.3, 0.4) is 0 Å². The molecule has 116 valence electrons. The molecule has 0 heterocycles. The molecule has 0 radical (unpaired) electrons. The number of allylic oxidation sites excluding steroid dienone is 2. The maximum absolute atomic E-state index is 12.3. The molecule has 0 N–H and O–H groups in total. The van der Waals surface area contributed by atoms with E-state index in [1.807, 2.05) is 60.7 Å². The Balaban J connectivity index is 1.60. The van der Waals surface area contributed by atoms with Crippen LogP contribution in [0, 0.1) is 5.92 Å². The van der Waals surface area contributed by atoms with Crippen LogP contribution in [0.5, 0.6) is 0 Å². The minimum absolute atomic E-state index is 0.0184. The molecule has 2 heteroatoms. The molecule has 0 aliphatic heterocycles. The summed E-state index contributed by atoms with van der Waals surface area (Å²) in [5.41, 5.74) is 2.97. The van der Waals surface area contributed by atoms with E-state index in [0.29, 0.717) is 12.8 Å². The number of hydrogen-bond acceptors (Lipinski definition) is 2. The van der Waals surface area contributed by atoms with Crippen LogP contribution >= 0.6 is 0 Å². The fraction of sp³-hybridized carbons (Fsp3) is 0.238. The van der Waals surface area contributed by atoms with Crippen LogP contribution in [0.1, 0.15) is 41.6 Å². The first kappa shape index (κ1) is 15.4. The van der Waals surface area contributed by atoms with Crippen molar-refractivity contribution in [1.29, 1.82) is 0 Å². The molecular formula is C21H20O2. The highest BCUT2D eigenvalue weighted by atomic mass is 16.1. The molecule has 1 aliphatic carbocycles. The van der Waals surface area contributed by atoms with Crippen molar-refractivity contribution < 1.29 is 9.59 Å². The van der Waals surface area contributed by atoms with Crippen molar-refractivity contribution in [2.24, 2.45) is 5.92 Å². The standard InChI is InChI=1S/C21H20O2/c22-20(17-9-5-2-6-10-17)14-13-18-11-12-19(15-21(18)23)16-7-3-1-4-8-16/h1-10,15,18H,11-14H2. The van der Waals surface area contributed by atoms with Crippen molar-refractivity contribution in [3.63, 3.8) is 0 Å². The second-order valence-electron chi connectivity index (χ2n) is 6.00. The summed E-state index contributed by atoms with van der Waals surface area (Å²) < 4.78 is 0. The lowest BCUT2D eigenvalue weighted by Crippen LogP contribution is -2.18. The quantitative estimate of drug-likeness (QED) is 0.749. The zero-order chi connectivity index (χ0) is 16.1. The molecule has 2 nitrogen and oxygen atoms in total. The zero-order valence-electron chi connectivity index (χ0n) is 13.1. The Morgan fingerprint density at radius 2 is 1.61 bits per heavy atom. The summed E-state index contributed by atoms with van der Waals surface area (Å²) in [7, 11) is 0. The smallest absolute Gasteiger partial charge is 0.162 e. The Morgan fingerprint density at radius 1 is 0.957 bits per heavy atom. The molecule has 0 bridgehead atoms. The van der Waals surface area contributed by atoms with Gasteiger partial charge in [0.05, 0.1) is 0 Å². The minimum Gasteiger partial charge on any atom is -0.295 e. The third-order valence-electron chi connectivity index (χ3n) is 4.44. The van der Waals surface area contributed by atoms with Gasteiger partial charge in [-0.2, -0.15) is 0 Å². The lowest BCUT2D eigenvalue weighted by Gasteiger charge is -2.20. The van der Waals surface area contributed by atoms with Crippen molar-refractivity contribution in [3.8, 4) is 0 Å². The largest absolute Gasteiger partial charge is 0.295 e. The summed E-state index contributed by atoms with van der Waals surface area (Å²) >= 11 is 0. The van der Waals surface area contributed by atoms with Gasteiger partial charge < -0.3 is 0 Å². The molecule has 0 fully saturated rings. The number of benzene rings is 2. The fourth-order valence-electron chi connectivity index (χ4n) is 3.07. The van der Waals surface area contributed by atoms with Gasteiger partial charge in [0.15, 0.2) is 11.6 Å². The average Bonchev–Trinajstić information content (AvgIpc) is 2.62. The number of ketones is 2. The average molecular weight is 304 g/mol. The highest BCUT2D eigenvalue weighted by Crippen LogP contribution is 2.30. The normalized spacial score (nSPS) is 17.7. The van der Waals surface area contributed by atoms with Crippen LogP contribution in [0.2, 0.25) is 0 Å². The number of rotatable bonds is 5. The zero-order valence-corrected chi connectivity index (χ0v) is 13.1. The highest BCUT2D eigenvalue weighted by Gasteiger charge is 2.23. The summed E-state index contributed by atoms with van der Waals surface area (Å²) in [4.78, 5) is 24.5. The minimum atomic E-state index is -0.0184. The molecule has 3 rings (SSSR count). The number of hydrogen-bond donors (Lipinski definition) is 0. The molecule has 0 spiro atoms. The number of Topliss-reactive ketones (excluding diaryl/α,β-unsaturated/α-hetero) is 1. The predicted molar refractivity (Wildman–Crippen MR) is 92.2 cm³/mol. The molecule has 23 heavy (non-hydrogen) atoms.